The normalized spacial score (nSPS) is 13.4. The van der Waals surface area contributed by atoms with Crippen molar-refractivity contribution in [2.45, 2.75) is 0 Å². The van der Waals surface area contributed by atoms with E-state index < -0.39 is 24.3 Å². The van der Waals surface area contributed by atoms with Crippen LogP contribution < -0.4 is 24.0 Å². The molecule has 5 nitrogen and oxygen atoms in total. The number of aliphatic carboxylic acids is 1. The van der Waals surface area contributed by atoms with Crippen LogP contribution in [0.5, 0.6) is 0 Å². The number of nitrogens with zero attached hydrogens (tertiary/aromatic N) is 1. The molecule has 1 aliphatic heterocycles. The van der Waals surface area contributed by atoms with Gasteiger partial charge in [-0.3, -0.25) is 14.5 Å². The minimum absolute atomic E-state index is 0. The van der Waals surface area contributed by atoms with Crippen molar-refractivity contribution in [3.63, 3.8) is 0 Å². The Hall–Kier alpha value is -1.57. The predicted octanol–water partition coefficient (Wildman–Crippen LogP) is -3.96. The van der Waals surface area contributed by atoms with E-state index in [9.17, 15) is 19.5 Å². The number of benzene rings is 1. The minimum Gasteiger partial charge on any atom is -0.548 e. The molecule has 0 saturated carbocycles. The van der Waals surface area contributed by atoms with E-state index in [2.05, 4.69) is 0 Å². The average Bonchev–Trinajstić information content (AvgIpc) is 2.44. The molecule has 76 valence electrons. The number of amides is 2. The van der Waals surface area contributed by atoms with Crippen molar-refractivity contribution >= 4 is 17.8 Å². The van der Waals surface area contributed by atoms with E-state index in [1.165, 1.54) is 12.1 Å². The predicted molar refractivity (Wildman–Crippen MR) is 46.8 cm³/mol. The number of hydrogen-bond acceptors (Lipinski definition) is 4. The second-order valence-electron chi connectivity index (χ2n) is 3.11. The number of hydrogen-bond donors (Lipinski definition) is 0. The summed E-state index contributed by atoms with van der Waals surface area (Å²) >= 11 is 0. The van der Waals surface area contributed by atoms with E-state index in [0.29, 0.717) is 4.90 Å². The van der Waals surface area contributed by atoms with Gasteiger partial charge in [-0.2, -0.15) is 0 Å². The van der Waals surface area contributed by atoms with Crippen LogP contribution in [-0.2, 0) is 4.79 Å². The van der Waals surface area contributed by atoms with E-state index in [1.807, 2.05) is 0 Å². The molecule has 1 aliphatic rings. The maximum absolute atomic E-state index is 11.6. The molecule has 0 aromatic heterocycles. The molecule has 0 spiro atoms. The van der Waals surface area contributed by atoms with Crippen molar-refractivity contribution in [1.82, 2.24) is 4.90 Å². The van der Waals surface area contributed by atoms with Gasteiger partial charge in [-0.15, -0.1) is 0 Å². The Morgan fingerprint density at radius 3 is 1.94 bits per heavy atom. The van der Waals surface area contributed by atoms with Gasteiger partial charge in [0, 0.05) is 0 Å². The van der Waals surface area contributed by atoms with Gasteiger partial charge in [-0.1, -0.05) is 12.1 Å². The second kappa shape index (κ2) is 4.52. The van der Waals surface area contributed by atoms with Crippen LogP contribution in [0.3, 0.4) is 0 Å². The zero-order valence-corrected chi connectivity index (χ0v) is 8.60. The van der Waals surface area contributed by atoms with Crippen LogP contribution in [0.4, 0.5) is 0 Å². The summed E-state index contributed by atoms with van der Waals surface area (Å²) in [6.45, 7) is -0.702. The first-order chi connectivity index (χ1) is 7.11. The third-order valence-corrected chi connectivity index (χ3v) is 2.17. The molecule has 6 heteroatoms. The first-order valence-electron chi connectivity index (χ1n) is 4.26. The summed E-state index contributed by atoms with van der Waals surface area (Å²) in [5.74, 6) is -2.62. The van der Waals surface area contributed by atoms with Gasteiger partial charge in [-0.25, -0.2) is 0 Å². The van der Waals surface area contributed by atoms with Crippen molar-refractivity contribution in [3.8, 4) is 0 Å². The zero-order valence-electron chi connectivity index (χ0n) is 8.60. The monoisotopic (exact) mass is 211 g/mol. The number of carboxylic acid groups (broad SMARTS) is 1. The molecule has 0 radical (unpaired) electrons. The Labute approximate surface area is 103 Å². The van der Waals surface area contributed by atoms with Gasteiger partial charge in [0.1, 0.15) is 0 Å². The van der Waals surface area contributed by atoms with Crippen LogP contribution in [-0.4, -0.2) is 29.2 Å². The maximum atomic E-state index is 11.6. The standard InChI is InChI=1S/C10H7NO4.Li/c12-8(13)5-11-9(14)6-3-1-2-4-7(6)10(11)15;/h1-4H,5H2,(H,12,13);/q;+1/p-1. The summed E-state index contributed by atoms with van der Waals surface area (Å²) < 4.78 is 0. The van der Waals surface area contributed by atoms with Gasteiger partial charge < -0.3 is 9.90 Å². The van der Waals surface area contributed by atoms with Crippen molar-refractivity contribution < 1.29 is 38.4 Å². The van der Waals surface area contributed by atoms with E-state index in [4.69, 9.17) is 0 Å². The third kappa shape index (κ3) is 1.87. The third-order valence-electron chi connectivity index (χ3n) is 2.17. The molecular weight excluding hydrogens is 205 g/mol. The Balaban J connectivity index is 0.00000128. The fourth-order valence-corrected chi connectivity index (χ4v) is 1.51. The Morgan fingerprint density at radius 1 is 1.12 bits per heavy atom. The number of carboxylic acids is 1. The van der Waals surface area contributed by atoms with E-state index in [0.717, 1.165) is 0 Å². The molecule has 0 saturated heterocycles. The molecular formula is C10H6LiNO4. The SMILES string of the molecule is O=C([O-])CN1C(=O)c2ccccc2C1=O.[Li+]. The molecule has 0 unspecified atom stereocenters. The summed E-state index contributed by atoms with van der Waals surface area (Å²) in [5, 5.41) is 10.3. The Kier molecular flexibility index (Phi) is 3.53. The molecule has 2 amide bonds. The van der Waals surface area contributed by atoms with Crippen molar-refractivity contribution in [2.75, 3.05) is 6.54 Å². The summed E-state index contributed by atoms with van der Waals surface area (Å²) in [5.41, 5.74) is 0.479. The molecule has 0 aliphatic carbocycles. The largest absolute Gasteiger partial charge is 1.00 e. The summed E-state index contributed by atoms with van der Waals surface area (Å²) in [6.07, 6.45) is 0. The summed E-state index contributed by atoms with van der Waals surface area (Å²) in [4.78, 5) is 34.1. The van der Waals surface area contributed by atoms with Crippen molar-refractivity contribution in [2.24, 2.45) is 0 Å². The van der Waals surface area contributed by atoms with Crippen LogP contribution in [0.25, 0.3) is 0 Å². The fraction of sp³-hybridized carbons (Fsp3) is 0.100. The number of fused-ring (bicyclic) bond motifs is 1. The maximum Gasteiger partial charge on any atom is 1.00 e. The number of carbonyl (C=O) groups excluding carboxylic acids is 3. The van der Waals surface area contributed by atoms with E-state index >= 15 is 0 Å². The van der Waals surface area contributed by atoms with Gasteiger partial charge >= 0.3 is 18.9 Å². The molecule has 1 aromatic rings. The van der Waals surface area contributed by atoms with Gasteiger partial charge in [0.25, 0.3) is 11.8 Å². The Morgan fingerprint density at radius 2 is 1.56 bits per heavy atom. The van der Waals surface area contributed by atoms with Crippen LogP contribution in [0.2, 0.25) is 0 Å². The molecule has 1 heterocycles. The van der Waals surface area contributed by atoms with E-state index in [-0.39, 0.29) is 30.0 Å². The minimum atomic E-state index is -1.45. The fourth-order valence-electron chi connectivity index (χ4n) is 1.51. The topological polar surface area (TPSA) is 77.5 Å². The van der Waals surface area contributed by atoms with Crippen LogP contribution in [0, 0.1) is 0 Å². The number of imide groups is 1. The molecule has 0 fully saturated rings. The van der Waals surface area contributed by atoms with Crippen LogP contribution in [0.1, 0.15) is 20.7 Å². The molecule has 1 aromatic carbocycles. The van der Waals surface area contributed by atoms with Crippen LogP contribution >= 0.6 is 0 Å². The first kappa shape index (κ1) is 12.5. The van der Waals surface area contributed by atoms with Crippen molar-refractivity contribution in [1.29, 1.82) is 0 Å². The van der Waals surface area contributed by atoms with Gasteiger partial charge in [0.15, 0.2) is 0 Å². The summed E-state index contributed by atoms with van der Waals surface area (Å²) in [7, 11) is 0. The molecule has 0 bridgehead atoms. The van der Waals surface area contributed by atoms with Gasteiger partial charge in [-0.05, 0) is 12.1 Å². The molecule has 0 N–H and O–H groups in total. The smallest absolute Gasteiger partial charge is 0.548 e. The molecule has 2 rings (SSSR count). The second-order valence-corrected chi connectivity index (χ2v) is 3.11. The number of carbonyl (C=O) groups is 3. The Bertz CT molecular complexity index is 437. The number of rotatable bonds is 2. The molecule has 0 atom stereocenters. The summed E-state index contributed by atoms with van der Waals surface area (Å²) in [6, 6.07) is 6.22. The average molecular weight is 211 g/mol. The van der Waals surface area contributed by atoms with Crippen LogP contribution in [0.15, 0.2) is 24.3 Å². The first-order valence-corrected chi connectivity index (χ1v) is 4.26. The zero-order chi connectivity index (χ0) is 11.0. The van der Waals surface area contributed by atoms with Gasteiger partial charge in [0.2, 0.25) is 0 Å². The quantitative estimate of drug-likeness (QED) is 0.369. The van der Waals surface area contributed by atoms with E-state index in [1.54, 1.807) is 12.1 Å². The molecule has 16 heavy (non-hydrogen) atoms. The van der Waals surface area contributed by atoms with Gasteiger partial charge in [0.05, 0.1) is 23.6 Å². The van der Waals surface area contributed by atoms with Crippen molar-refractivity contribution in [3.05, 3.63) is 35.4 Å².